The summed E-state index contributed by atoms with van der Waals surface area (Å²) < 4.78 is 5.45. The molecule has 2 aliphatic rings. The lowest BCUT2D eigenvalue weighted by Gasteiger charge is -2.28. The Labute approximate surface area is 133 Å². The molecule has 2 fully saturated rings. The lowest BCUT2D eigenvalue weighted by molar-refractivity contribution is 0.0436. The molecule has 2 aliphatic heterocycles. The van der Waals surface area contributed by atoms with E-state index < -0.39 is 5.60 Å². The van der Waals surface area contributed by atoms with Gasteiger partial charge in [0, 0.05) is 38.8 Å². The van der Waals surface area contributed by atoms with Crippen LogP contribution in [0.2, 0.25) is 0 Å². The first kappa shape index (κ1) is 15.9. The number of nitrogens with one attached hydrogen (secondary N) is 1. The number of benzene rings is 1. The zero-order chi connectivity index (χ0) is 15.4. The van der Waals surface area contributed by atoms with Gasteiger partial charge in [0.1, 0.15) is 0 Å². The van der Waals surface area contributed by atoms with Crippen molar-refractivity contribution in [2.75, 3.05) is 32.8 Å². The Morgan fingerprint density at radius 3 is 2.95 bits per heavy atom. The maximum Gasteiger partial charge on any atom is 0.0910 e. The number of aliphatic hydroxyl groups is 1. The number of hydrogen-bond acceptors (Lipinski definition) is 4. The summed E-state index contributed by atoms with van der Waals surface area (Å²) in [6, 6.07) is 10.9. The molecule has 4 heteroatoms. The van der Waals surface area contributed by atoms with E-state index in [1.807, 2.05) is 6.07 Å². The van der Waals surface area contributed by atoms with Crippen LogP contribution >= 0.6 is 0 Å². The largest absolute Gasteiger partial charge is 0.387 e. The van der Waals surface area contributed by atoms with Crippen LogP contribution < -0.4 is 5.32 Å². The fraction of sp³-hybridized carbons (Fsp3) is 0.667. The number of ether oxygens (including phenoxy) is 1. The van der Waals surface area contributed by atoms with Gasteiger partial charge in [-0.25, -0.2) is 0 Å². The Bertz CT molecular complexity index is 461. The first-order valence-electron chi connectivity index (χ1n) is 8.44. The smallest absolute Gasteiger partial charge is 0.0910 e. The van der Waals surface area contributed by atoms with Crippen molar-refractivity contribution in [3.63, 3.8) is 0 Å². The molecule has 0 aromatic heterocycles. The molecular weight excluding hydrogens is 276 g/mol. The molecule has 3 unspecified atom stereocenters. The van der Waals surface area contributed by atoms with Gasteiger partial charge in [-0.2, -0.15) is 0 Å². The van der Waals surface area contributed by atoms with Crippen molar-refractivity contribution in [2.45, 2.75) is 38.0 Å². The molecule has 0 radical (unpaired) electrons. The van der Waals surface area contributed by atoms with E-state index in [1.165, 1.54) is 5.56 Å². The van der Waals surface area contributed by atoms with E-state index in [4.69, 9.17) is 4.74 Å². The van der Waals surface area contributed by atoms with Crippen molar-refractivity contribution in [3.05, 3.63) is 35.9 Å². The monoisotopic (exact) mass is 304 g/mol. The third kappa shape index (κ3) is 4.07. The summed E-state index contributed by atoms with van der Waals surface area (Å²) >= 11 is 0. The van der Waals surface area contributed by atoms with Crippen LogP contribution in [0.15, 0.2) is 30.3 Å². The molecule has 0 amide bonds. The fourth-order valence-corrected chi connectivity index (χ4v) is 3.53. The standard InChI is InChI=1S/C18H28N2O2/c1-15(17-7-10-22-12-17)19-13-18(21)8-9-20(14-18)11-16-5-3-2-4-6-16/h2-6,15,17,19,21H,7-14H2,1H3. The lowest BCUT2D eigenvalue weighted by Crippen LogP contribution is -2.47. The Hall–Kier alpha value is -0.940. The van der Waals surface area contributed by atoms with Gasteiger partial charge >= 0.3 is 0 Å². The molecule has 2 N–H and O–H groups in total. The van der Waals surface area contributed by atoms with Crippen LogP contribution in [0.1, 0.15) is 25.3 Å². The molecule has 0 saturated carbocycles. The van der Waals surface area contributed by atoms with Crippen LogP contribution in [-0.4, -0.2) is 54.5 Å². The first-order chi connectivity index (χ1) is 10.6. The van der Waals surface area contributed by atoms with Gasteiger partial charge in [-0.1, -0.05) is 30.3 Å². The average molecular weight is 304 g/mol. The number of β-amino-alcohol motifs (C(OH)–C–C–N with tert-alkyl or cyclic N) is 1. The summed E-state index contributed by atoms with van der Waals surface area (Å²) in [5, 5.41) is 14.3. The SMILES string of the molecule is CC(NCC1(O)CCN(Cc2ccccc2)C1)C1CCOC1. The molecule has 3 atom stereocenters. The van der Waals surface area contributed by atoms with E-state index in [0.717, 1.165) is 45.7 Å². The van der Waals surface area contributed by atoms with Crippen molar-refractivity contribution in [2.24, 2.45) is 5.92 Å². The molecule has 0 aliphatic carbocycles. The second kappa shape index (κ2) is 7.09. The number of rotatable bonds is 6. The maximum atomic E-state index is 10.8. The highest BCUT2D eigenvalue weighted by molar-refractivity contribution is 5.15. The highest BCUT2D eigenvalue weighted by Gasteiger charge is 2.36. The summed E-state index contributed by atoms with van der Waals surface area (Å²) in [4.78, 5) is 2.35. The van der Waals surface area contributed by atoms with Gasteiger partial charge in [-0.3, -0.25) is 4.90 Å². The van der Waals surface area contributed by atoms with Crippen molar-refractivity contribution in [1.82, 2.24) is 10.2 Å². The van der Waals surface area contributed by atoms with Gasteiger partial charge in [0.15, 0.2) is 0 Å². The molecule has 1 aromatic carbocycles. The molecule has 0 spiro atoms. The second-order valence-electron chi connectivity index (χ2n) is 6.96. The van der Waals surface area contributed by atoms with E-state index in [9.17, 15) is 5.11 Å². The van der Waals surface area contributed by atoms with Crippen LogP contribution in [0.4, 0.5) is 0 Å². The predicted molar refractivity (Wildman–Crippen MR) is 87.7 cm³/mol. The molecule has 4 nitrogen and oxygen atoms in total. The van der Waals surface area contributed by atoms with E-state index in [1.54, 1.807) is 0 Å². The summed E-state index contributed by atoms with van der Waals surface area (Å²) in [6.45, 7) is 7.26. The van der Waals surface area contributed by atoms with Gasteiger partial charge < -0.3 is 15.2 Å². The molecule has 1 aromatic rings. The molecule has 3 rings (SSSR count). The van der Waals surface area contributed by atoms with Crippen LogP contribution in [0.25, 0.3) is 0 Å². The third-order valence-corrected chi connectivity index (χ3v) is 5.09. The van der Waals surface area contributed by atoms with Gasteiger partial charge in [0.05, 0.1) is 12.2 Å². The first-order valence-corrected chi connectivity index (χ1v) is 8.44. The Morgan fingerprint density at radius 2 is 2.23 bits per heavy atom. The Balaban J connectivity index is 1.45. The average Bonchev–Trinajstić information content (AvgIpc) is 3.17. The molecule has 2 saturated heterocycles. The summed E-state index contributed by atoms with van der Waals surface area (Å²) in [6.07, 6.45) is 1.98. The van der Waals surface area contributed by atoms with Crippen LogP contribution in [0.3, 0.4) is 0 Å². The Kier molecular flexibility index (Phi) is 5.14. The minimum absolute atomic E-state index is 0.412. The maximum absolute atomic E-state index is 10.8. The van der Waals surface area contributed by atoms with Crippen molar-refractivity contribution in [3.8, 4) is 0 Å². The summed E-state index contributed by atoms with van der Waals surface area (Å²) in [5.41, 5.74) is 0.721. The minimum Gasteiger partial charge on any atom is -0.387 e. The molecule has 2 heterocycles. The van der Waals surface area contributed by atoms with E-state index in [-0.39, 0.29) is 0 Å². The second-order valence-corrected chi connectivity index (χ2v) is 6.96. The highest BCUT2D eigenvalue weighted by atomic mass is 16.5. The minimum atomic E-state index is -0.595. The number of nitrogens with zero attached hydrogens (tertiary/aromatic N) is 1. The van der Waals surface area contributed by atoms with Gasteiger partial charge in [-0.15, -0.1) is 0 Å². The van der Waals surface area contributed by atoms with Crippen molar-refractivity contribution in [1.29, 1.82) is 0 Å². The number of hydrogen-bond donors (Lipinski definition) is 2. The molecule has 0 bridgehead atoms. The Morgan fingerprint density at radius 1 is 1.41 bits per heavy atom. The molecule has 122 valence electrons. The van der Waals surface area contributed by atoms with E-state index in [2.05, 4.69) is 41.4 Å². The van der Waals surface area contributed by atoms with Gasteiger partial charge in [-0.05, 0) is 31.2 Å². The van der Waals surface area contributed by atoms with Crippen molar-refractivity contribution >= 4 is 0 Å². The normalized spacial score (nSPS) is 30.7. The summed E-state index contributed by atoms with van der Waals surface area (Å²) in [7, 11) is 0. The zero-order valence-electron chi connectivity index (χ0n) is 13.5. The van der Waals surface area contributed by atoms with Crippen LogP contribution in [0, 0.1) is 5.92 Å². The van der Waals surface area contributed by atoms with Crippen LogP contribution in [-0.2, 0) is 11.3 Å². The molecular formula is C18H28N2O2. The third-order valence-electron chi connectivity index (χ3n) is 5.09. The summed E-state index contributed by atoms with van der Waals surface area (Å²) in [5.74, 6) is 0.588. The molecule has 22 heavy (non-hydrogen) atoms. The highest BCUT2D eigenvalue weighted by Crippen LogP contribution is 2.23. The number of likely N-dealkylation sites (tertiary alicyclic amines) is 1. The van der Waals surface area contributed by atoms with Gasteiger partial charge in [0.25, 0.3) is 0 Å². The zero-order valence-corrected chi connectivity index (χ0v) is 13.5. The fourth-order valence-electron chi connectivity index (χ4n) is 3.53. The van der Waals surface area contributed by atoms with Gasteiger partial charge in [0.2, 0.25) is 0 Å². The topological polar surface area (TPSA) is 44.7 Å². The predicted octanol–water partition coefficient (Wildman–Crippen LogP) is 1.64. The quantitative estimate of drug-likeness (QED) is 0.838. The lowest BCUT2D eigenvalue weighted by atomic mass is 9.98. The van der Waals surface area contributed by atoms with Crippen LogP contribution in [0.5, 0.6) is 0 Å². The van der Waals surface area contributed by atoms with E-state index in [0.29, 0.717) is 18.5 Å². The van der Waals surface area contributed by atoms with Crippen molar-refractivity contribution < 1.29 is 9.84 Å². The van der Waals surface area contributed by atoms with E-state index >= 15 is 0 Å².